The molecule has 0 aromatic heterocycles. The fourth-order valence-electron chi connectivity index (χ4n) is 0. The first-order valence-corrected chi connectivity index (χ1v) is 7.35. The summed E-state index contributed by atoms with van der Waals surface area (Å²) in [4.78, 5) is 0. The molecule has 0 bridgehead atoms. The van der Waals surface area contributed by atoms with Crippen molar-refractivity contribution in [3.8, 4) is 0 Å². The molecular formula is H3CeGe3O6. The van der Waals surface area contributed by atoms with Crippen LogP contribution in [-0.2, 0) is 11.3 Å². The fourth-order valence-corrected chi connectivity index (χ4v) is 0. The summed E-state index contributed by atoms with van der Waals surface area (Å²) >= 11 is -6.56. The van der Waals surface area contributed by atoms with Crippen molar-refractivity contribution in [1.82, 2.24) is 0 Å². The van der Waals surface area contributed by atoms with Gasteiger partial charge >= 0.3 is 113 Å². The number of hydrogen-bond acceptors (Lipinski definition) is 6. The molecule has 0 saturated carbocycles. The van der Waals surface area contributed by atoms with E-state index in [1.807, 2.05) is 0 Å². The molecule has 0 spiro atoms. The predicted octanol–water partition coefficient (Wildman–Crippen LogP) is -5.87. The van der Waals surface area contributed by atoms with Crippen molar-refractivity contribution in [1.29, 1.82) is 0 Å². The molecule has 0 aromatic rings. The Hall–Kier alpha value is 1.81. The third kappa shape index (κ3) is 233. The Kier molecular flexibility index (Phi) is 102. The third-order valence-electron chi connectivity index (χ3n) is 0. The second-order valence-electron chi connectivity index (χ2n) is 0.289. The summed E-state index contributed by atoms with van der Waals surface area (Å²) in [5, 5.41) is 0. The van der Waals surface area contributed by atoms with Crippen molar-refractivity contribution in [3.05, 3.63) is 0 Å². The van der Waals surface area contributed by atoms with E-state index in [9.17, 15) is 0 Å². The van der Waals surface area contributed by atoms with Gasteiger partial charge in [0.2, 0.25) is 0 Å². The molecule has 10 heavy (non-hydrogen) atoms. The van der Waals surface area contributed by atoms with E-state index in [-0.39, 0.29) is 41.7 Å². The molecule has 0 aliphatic heterocycles. The van der Waals surface area contributed by atoms with Gasteiger partial charge in [-0.3, -0.25) is 0 Å². The van der Waals surface area contributed by atoms with Gasteiger partial charge in [0.25, 0.3) is 0 Å². The van der Waals surface area contributed by atoms with Crippen molar-refractivity contribution >= 4 is 47.1 Å². The van der Waals surface area contributed by atoms with Gasteiger partial charge in [0, 0.05) is 0 Å². The quantitative estimate of drug-likeness (QED) is 0.335. The van der Waals surface area contributed by atoms with Crippen LogP contribution >= 0.6 is 0 Å². The normalized spacial score (nSPS) is 3.60. The molecule has 0 fully saturated rings. The first kappa shape index (κ1) is 22.6. The Morgan fingerprint density at radius 1 is 0.700 bits per heavy atom. The van der Waals surface area contributed by atoms with Gasteiger partial charge < -0.3 is 0 Å². The van der Waals surface area contributed by atoms with Crippen LogP contribution in [0, 0.1) is 41.7 Å². The van der Waals surface area contributed by atoms with Crippen LogP contribution in [0.1, 0.15) is 0 Å². The molecule has 1 radical (unpaired) electrons. The van der Waals surface area contributed by atoms with Crippen molar-refractivity contribution < 1.29 is 65.5 Å². The Labute approximate surface area is 111 Å². The Morgan fingerprint density at radius 3 is 0.700 bits per heavy atom. The van der Waals surface area contributed by atoms with Crippen LogP contribution in [0.25, 0.3) is 0 Å². The van der Waals surface area contributed by atoms with Crippen LogP contribution in [0.5, 0.6) is 0 Å². The maximum absolute atomic E-state index is 8.53. The Bertz CT molecular complexity index is 49.7. The zero-order chi connectivity index (χ0) is 8.12. The monoisotopic (exact) mass is 461 g/mol. The summed E-state index contributed by atoms with van der Waals surface area (Å²) in [5.74, 6) is 0. The van der Waals surface area contributed by atoms with Crippen LogP contribution in [0.15, 0.2) is 0 Å². The zero-order valence-corrected chi connectivity index (χ0v) is 15.1. The molecule has 0 heterocycles. The van der Waals surface area contributed by atoms with E-state index in [4.69, 9.17) is 23.7 Å². The Balaban J connectivity index is -0.0000000257. The summed E-state index contributed by atoms with van der Waals surface area (Å²) in [6.45, 7) is 0. The van der Waals surface area contributed by atoms with E-state index in [0.29, 0.717) is 0 Å². The van der Waals surface area contributed by atoms with E-state index in [2.05, 4.69) is 0 Å². The van der Waals surface area contributed by atoms with Crippen LogP contribution in [0.4, 0.5) is 0 Å². The molecule has 0 aromatic carbocycles. The van der Waals surface area contributed by atoms with Gasteiger partial charge in [-0.2, -0.15) is 0 Å². The number of rotatable bonds is 0. The van der Waals surface area contributed by atoms with Gasteiger partial charge in [0.15, 0.2) is 0 Å². The van der Waals surface area contributed by atoms with Gasteiger partial charge in [0.1, 0.15) is 0 Å². The standard InChI is InChI=1S/Ce.3GeHO2/c;3*2-1-3/h;3*1H/q+3;3*-1. The van der Waals surface area contributed by atoms with Gasteiger partial charge in [-0.15, -0.1) is 0 Å². The molecule has 0 amide bonds. The molecule has 0 rings (SSSR count). The Morgan fingerprint density at radius 2 is 0.700 bits per heavy atom. The van der Waals surface area contributed by atoms with E-state index in [1.54, 1.807) is 0 Å². The van der Waals surface area contributed by atoms with Gasteiger partial charge in [-0.1, -0.05) is 0 Å². The van der Waals surface area contributed by atoms with Gasteiger partial charge in [0.05, 0.1) is 0 Å². The average Bonchev–Trinajstić information content (AvgIpc) is 1.70. The van der Waals surface area contributed by atoms with Crippen LogP contribution in [0.2, 0.25) is 0 Å². The van der Waals surface area contributed by atoms with Crippen LogP contribution < -0.4 is 12.4 Å². The molecule has 0 aliphatic carbocycles. The molecular weight excluding hydrogens is 454 g/mol. The van der Waals surface area contributed by atoms with Gasteiger partial charge in [-0.05, 0) is 0 Å². The molecule has 0 saturated heterocycles. The summed E-state index contributed by atoms with van der Waals surface area (Å²) in [7, 11) is 0. The number of hydrogen-bond donors (Lipinski definition) is 0. The van der Waals surface area contributed by atoms with Crippen molar-refractivity contribution in [3.63, 3.8) is 0 Å². The first-order valence-electron chi connectivity index (χ1n) is 1.41. The fraction of sp³-hybridized carbons (Fsp3) is 0. The molecule has 0 atom stereocenters. The molecule has 0 N–H and O–H groups in total. The minimum atomic E-state index is -2.19. The molecule has 6 nitrogen and oxygen atoms in total. The zero-order valence-electron chi connectivity index (χ0n) is 4.68. The minimum absolute atomic E-state index is 0. The average molecular weight is 457 g/mol. The maximum atomic E-state index is 8.53. The molecule has 0 aliphatic rings. The van der Waals surface area contributed by atoms with Crippen molar-refractivity contribution in [2.24, 2.45) is 0 Å². The van der Waals surface area contributed by atoms with Gasteiger partial charge in [-0.25, -0.2) is 0 Å². The van der Waals surface area contributed by atoms with Crippen molar-refractivity contribution in [2.45, 2.75) is 0 Å². The second-order valence-corrected chi connectivity index (χ2v) is 1.50. The topological polar surface area (TPSA) is 120 Å². The summed E-state index contributed by atoms with van der Waals surface area (Å²) in [5.41, 5.74) is 0. The molecule has 0 unspecified atom stereocenters. The van der Waals surface area contributed by atoms with Crippen molar-refractivity contribution in [2.75, 3.05) is 0 Å². The van der Waals surface area contributed by atoms with E-state index in [1.165, 1.54) is 0 Å². The molecule has 55 valence electrons. The SMILES string of the molecule is [Ce+3].[O]=[GeH][O-].[O]=[GeH][O-].[O]=[GeH][O-]. The van der Waals surface area contributed by atoms with E-state index >= 15 is 0 Å². The van der Waals surface area contributed by atoms with Crippen LogP contribution in [-0.4, -0.2) is 47.1 Å². The van der Waals surface area contributed by atoms with Crippen LogP contribution in [0.3, 0.4) is 0 Å². The first-order chi connectivity index (χ1) is 4.24. The second kappa shape index (κ2) is 45.0. The molecule has 10 heteroatoms. The predicted molar refractivity (Wildman–Crippen MR) is 23.5 cm³/mol. The summed E-state index contributed by atoms with van der Waals surface area (Å²) in [6.07, 6.45) is 0. The summed E-state index contributed by atoms with van der Waals surface area (Å²) in [6, 6.07) is 0. The van der Waals surface area contributed by atoms with E-state index in [0.717, 1.165) is 0 Å². The summed E-state index contributed by atoms with van der Waals surface area (Å²) < 4.78 is 51.2. The van der Waals surface area contributed by atoms with E-state index < -0.39 is 47.1 Å². The third-order valence-corrected chi connectivity index (χ3v) is 0.